The maximum atomic E-state index is 6.67. The average Bonchev–Trinajstić information content (AvgIpc) is 3.35. The van der Waals surface area contributed by atoms with E-state index in [1.807, 2.05) is 6.08 Å². The highest BCUT2D eigenvalue weighted by atomic mass is 28.4. The van der Waals surface area contributed by atoms with Crippen LogP contribution in [0.5, 0.6) is 5.75 Å². The number of nitrogens with zero attached hydrogens (tertiary/aromatic N) is 5. The molecule has 0 spiro atoms. The molecular weight excluding hydrogens is 452 g/mol. The second-order valence-electron chi connectivity index (χ2n) is 10.8. The van der Waals surface area contributed by atoms with Crippen LogP contribution in [0.1, 0.15) is 37.9 Å². The summed E-state index contributed by atoms with van der Waals surface area (Å²) in [5, 5.41) is 14.6. The van der Waals surface area contributed by atoms with Crippen molar-refractivity contribution in [1.82, 2.24) is 30.4 Å². The van der Waals surface area contributed by atoms with E-state index in [0.29, 0.717) is 5.82 Å². The first-order valence-electron chi connectivity index (χ1n) is 12.4. The summed E-state index contributed by atoms with van der Waals surface area (Å²) in [4.78, 5) is 5.03. The van der Waals surface area contributed by atoms with Crippen LogP contribution in [0.4, 0.5) is 0 Å². The molecule has 0 aliphatic carbocycles. The summed E-state index contributed by atoms with van der Waals surface area (Å²) in [7, 11) is -1.93. The number of piperazine rings is 1. The van der Waals surface area contributed by atoms with Gasteiger partial charge in [0.1, 0.15) is 5.75 Å². The Morgan fingerprint density at radius 2 is 1.77 bits per heavy atom. The number of aromatic nitrogens is 4. The van der Waals surface area contributed by atoms with E-state index in [2.05, 4.69) is 119 Å². The van der Waals surface area contributed by atoms with Crippen molar-refractivity contribution in [3.05, 3.63) is 72.3 Å². The van der Waals surface area contributed by atoms with Crippen molar-refractivity contribution in [2.24, 2.45) is 0 Å². The Bertz CT molecular complexity index is 1100. The summed E-state index contributed by atoms with van der Waals surface area (Å²) in [6.07, 6.45) is 1.99. The molecule has 1 N–H and O–H groups in total. The molecule has 1 atom stereocenters. The molecule has 0 saturated carbocycles. The largest absolute Gasteiger partial charge is 0.543 e. The van der Waals surface area contributed by atoms with Crippen molar-refractivity contribution >= 4 is 8.32 Å². The predicted molar refractivity (Wildman–Crippen MR) is 144 cm³/mol. The second-order valence-corrected chi connectivity index (χ2v) is 15.5. The smallest absolute Gasteiger partial charge is 0.250 e. The number of tetrazole rings is 1. The molecule has 1 aliphatic heterocycles. The molecule has 1 aromatic heterocycles. The van der Waals surface area contributed by atoms with E-state index in [-0.39, 0.29) is 11.1 Å². The molecule has 1 unspecified atom stereocenters. The zero-order valence-corrected chi connectivity index (χ0v) is 22.7. The minimum atomic E-state index is -1.93. The number of benzene rings is 2. The molecule has 4 rings (SSSR count). The number of rotatable bonds is 8. The van der Waals surface area contributed by atoms with Crippen LogP contribution in [0.2, 0.25) is 18.1 Å². The summed E-state index contributed by atoms with van der Waals surface area (Å²) < 4.78 is 6.67. The van der Waals surface area contributed by atoms with Gasteiger partial charge in [0.05, 0.1) is 6.04 Å². The zero-order chi connectivity index (χ0) is 25.1. The van der Waals surface area contributed by atoms with Gasteiger partial charge >= 0.3 is 0 Å². The maximum Gasteiger partial charge on any atom is 0.250 e. The van der Waals surface area contributed by atoms with Gasteiger partial charge in [-0.05, 0) is 46.6 Å². The van der Waals surface area contributed by atoms with Gasteiger partial charge < -0.3 is 4.43 Å². The Balaban J connectivity index is 1.65. The lowest BCUT2D eigenvalue weighted by Crippen LogP contribution is -2.47. The van der Waals surface area contributed by atoms with Gasteiger partial charge in [-0.3, -0.25) is 9.80 Å². The number of H-pyrrole nitrogens is 1. The Kier molecular flexibility index (Phi) is 7.54. The third kappa shape index (κ3) is 5.89. The Morgan fingerprint density at radius 3 is 2.37 bits per heavy atom. The minimum Gasteiger partial charge on any atom is -0.543 e. The Labute approximate surface area is 210 Å². The van der Waals surface area contributed by atoms with Crippen molar-refractivity contribution in [3.63, 3.8) is 0 Å². The molecule has 1 aliphatic rings. The predicted octanol–water partition coefficient (Wildman–Crippen LogP) is 5.14. The fourth-order valence-electron chi connectivity index (χ4n) is 4.30. The molecule has 0 radical (unpaired) electrons. The van der Waals surface area contributed by atoms with Crippen LogP contribution >= 0.6 is 0 Å². The van der Waals surface area contributed by atoms with Crippen molar-refractivity contribution in [2.45, 2.75) is 44.9 Å². The standard InChI is InChI=1S/C27H38N6OSi/c1-7-15-32-16-18-33(19-17-32)25(21-11-13-22(14-12-21)26-28-30-31-29-26)23-9-8-10-24(20-23)34-35(5,6)27(2,3)4/h7-14,20,25H,1,15-19H2,2-6H3,(H,28,29,30,31). The summed E-state index contributed by atoms with van der Waals surface area (Å²) in [6, 6.07) is 17.4. The number of hydrogen-bond acceptors (Lipinski definition) is 6. The third-order valence-electron chi connectivity index (χ3n) is 7.34. The number of hydrogen-bond donors (Lipinski definition) is 1. The van der Waals surface area contributed by atoms with Crippen LogP contribution in [-0.4, -0.2) is 71.5 Å². The van der Waals surface area contributed by atoms with Gasteiger partial charge in [-0.1, -0.05) is 63.2 Å². The molecule has 0 amide bonds. The van der Waals surface area contributed by atoms with Crippen molar-refractivity contribution < 1.29 is 4.43 Å². The SMILES string of the molecule is C=CCN1CCN(C(c2ccc(-c3nn[nH]n3)cc2)c2cccc(O[Si](C)(C)C(C)(C)C)c2)CC1. The van der Waals surface area contributed by atoms with E-state index in [1.165, 1.54) is 11.1 Å². The summed E-state index contributed by atoms with van der Waals surface area (Å²) in [5.41, 5.74) is 3.46. The molecule has 2 aromatic carbocycles. The summed E-state index contributed by atoms with van der Waals surface area (Å²) in [5.74, 6) is 1.57. The second kappa shape index (κ2) is 10.4. The maximum absolute atomic E-state index is 6.67. The van der Waals surface area contributed by atoms with Gasteiger partial charge in [-0.15, -0.1) is 16.8 Å². The van der Waals surface area contributed by atoms with Gasteiger partial charge in [0.15, 0.2) is 0 Å². The summed E-state index contributed by atoms with van der Waals surface area (Å²) in [6.45, 7) is 20.3. The van der Waals surface area contributed by atoms with Gasteiger partial charge in [-0.25, -0.2) is 0 Å². The Hall–Kier alpha value is -2.81. The Morgan fingerprint density at radius 1 is 1.06 bits per heavy atom. The highest BCUT2D eigenvalue weighted by molar-refractivity contribution is 6.74. The van der Waals surface area contributed by atoms with Crippen molar-refractivity contribution in [3.8, 4) is 17.1 Å². The molecule has 1 saturated heterocycles. The van der Waals surface area contributed by atoms with Crippen LogP contribution in [0.3, 0.4) is 0 Å². The van der Waals surface area contributed by atoms with Gasteiger partial charge in [0.2, 0.25) is 14.1 Å². The lowest BCUT2D eigenvalue weighted by atomic mass is 9.95. The van der Waals surface area contributed by atoms with Crippen LogP contribution in [0.25, 0.3) is 11.4 Å². The summed E-state index contributed by atoms with van der Waals surface area (Å²) >= 11 is 0. The van der Waals surface area contributed by atoms with E-state index in [4.69, 9.17) is 4.43 Å². The first-order chi connectivity index (χ1) is 16.7. The lowest BCUT2D eigenvalue weighted by Gasteiger charge is -2.40. The molecule has 7 nitrogen and oxygen atoms in total. The lowest BCUT2D eigenvalue weighted by molar-refractivity contribution is 0.117. The van der Waals surface area contributed by atoms with Gasteiger partial charge in [0, 0.05) is 38.3 Å². The fourth-order valence-corrected chi connectivity index (χ4v) is 5.32. The van der Waals surface area contributed by atoms with Crippen LogP contribution < -0.4 is 4.43 Å². The molecule has 2 heterocycles. The normalized spacial score (nSPS) is 16.7. The zero-order valence-electron chi connectivity index (χ0n) is 21.7. The molecule has 3 aromatic rings. The molecule has 1 fully saturated rings. The highest BCUT2D eigenvalue weighted by Gasteiger charge is 2.39. The van der Waals surface area contributed by atoms with E-state index in [1.54, 1.807) is 0 Å². The first kappa shape index (κ1) is 25.3. The van der Waals surface area contributed by atoms with Gasteiger partial charge in [0.25, 0.3) is 0 Å². The van der Waals surface area contributed by atoms with E-state index >= 15 is 0 Å². The van der Waals surface area contributed by atoms with E-state index in [0.717, 1.165) is 44.0 Å². The van der Waals surface area contributed by atoms with Crippen molar-refractivity contribution in [1.29, 1.82) is 0 Å². The molecular formula is C27H38N6OSi. The topological polar surface area (TPSA) is 70.2 Å². The van der Waals surface area contributed by atoms with E-state index < -0.39 is 8.32 Å². The van der Waals surface area contributed by atoms with E-state index in [9.17, 15) is 0 Å². The number of nitrogens with one attached hydrogen (secondary N) is 1. The van der Waals surface area contributed by atoms with Crippen LogP contribution in [0.15, 0.2) is 61.2 Å². The van der Waals surface area contributed by atoms with Crippen molar-refractivity contribution in [2.75, 3.05) is 32.7 Å². The number of aromatic amines is 1. The van der Waals surface area contributed by atoms with Gasteiger partial charge in [-0.2, -0.15) is 5.21 Å². The highest BCUT2D eigenvalue weighted by Crippen LogP contribution is 2.39. The molecule has 8 heteroatoms. The quantitative estimate of drug-likeness (QED) is 0.348. The monoisotopic (exact) mass is 490 g/mol. The van der Waals surface area contributed by atoms with Crippen LogP contribution in [0, 0.1) is 0 Å². The molecule has 35 heavy (non-hydrogen) atoms. The minimum absolute atomic E-state index is 0.142. The third-order valence-corrected chi connectivity index (χ3v) is 11.7. The molecule has 186 valence electrons. The van der Waals surface area contributed by atoms with Crippen LogP contribution in [-0.2, 0) is 0 Å². The molecule has 0 bridgehead atoms. The fraction of sp³-hybridized carbons (Fsp3) is 0.444. The average molecular weight is 491 g/mol. The first-order valence-corrected chi connectivity index (χ1v) is 15.3.